The van der Waals surface area contributed by atoms with Crippen molar-refractivity contribution in [1.82, 2.24) is 9.78 Å². The second-order valence-electron chi connectivity index (χ2n) is 4.09. The summed E-state index contributed by atoms with van der Waals surface area (Å²) in [5.41, 5.74) is 0. The number of amides is 1. The quantitative estimate of drug-likeness (QED) is 0.781. The van der Waals surface area contributed by atoms with Crippen LogP contribution in [0.5, 0.6) is 0 Å². The van der Waals surface area contributed by atoms with Gasteiger partial charge in [0.2, 0.25) is 0 Å². The van der Waals surface area contributed by atoms with Gasteiger partial charge in [-0.25, -0.2) is 4.39 Å². The summed E-state index contributed by atoms with van der Waals surface area (Å²) in [5.74, 6) is -0.115. The number of hydrogen-bond acceptors (Lipinski definition) is 3. The highest BCUT2D eigenvalue weighted by molar-refractivity contribution is 7.20. The molecule has 3 aromatic rings. The largest absolute Gasteiger partial charge is 0.304 e. The first-order valence-electron chi connectivity index (χ1n) is 5.62. The highest BCUT2D eigenvalue weighted by atomic mass is 32.1. The minimum Gasteiger partial charge on any atom is -0.304 e. The average molecular weight is 275 g/mol. The number of nitrogens with one attached hydrogen (secondary N) is 1. The molecule has 1 N–H and O–H groups in total. The minimum absolute atomic E-state index is 0.278. The SMILES string of the molecule is Cn1ccc(NC(=O)c2cc3c(F)cccc3s2)n1. The van der Waals surface area contributed by atoms with E-state index in [0.29, 0.717) is 16.1 Å². The highest BCUT2D eigenvalue weighted by Crippen LogP contribution is 2.28. The van der Waals surface area contributed by atoms with Gasteiger partial charge in [0.15, 0.2) is 5.82 Å². The smallest absolute Gasteiger partial charge is 0.266 e. The predicted octanol–water partition coefficient (Wildman–Crippen LogP) is 3.03. The van der Waals surface area contributed by atoms with Crippen LogP contribution in [-0.4, -0.2) is 15.7 Å². The molecule has 0 saturated carbocycles. The Balaban J connectivity index is 1.91. The van der Waals surface area contributed by atoms with Gasteiger partial charge in [-0.2, -0.15) is 5.10 Å². The molecule has 0 spiro atoms. The fourth-order valence-electron chi connectivity index (χ4n) is 1.80. The second kappa shape index (κ2) is 4.47. The summed E-state index contributed by atoms with van der Waals surface area (Å²) in [6.45, 7) is 0. The molecule has 2 heterocycles. The number of anilines is 1. The molecule has 1 amide bonds. The van der Waals surface area contributed by atoms with Crippen LogP contribution in [0.15, 0.2) is 36.5 Å². The molecule has 0 aliphatic rings. The topological polar surface area (TPSA) is 46.9 Å². The third-order valence-electron chi connectivity index (χ3n) is 2.69. The summed E-state index contributed by atoms with van der Waals surface area (Å²) in [7, 11) is 1.77. The number of fused-ring (bicyclic) bond motifs is 1. The van der Waals surface area contributed by atoms with Gasteiger partial charge in [-0.3, -0.25) is 9.48 Å². The standard InChI is InChI=1S/C13H10FN3OS/c1-17-6-5-12(16-17)15-13(18)11-7-8-9(14)3-2-4-10(8)19-11/h2-7H,1H3,(H,15,16,18). The number of hydrogen-bond donors (Lipinski definition) is 1. The van der Waals surface area contributed by atoms with Crippen molar-refractivity contribution in [2.24, 2.45) is 7.05 Å². The Morgan fingerprint density at radius 1 is 1.42 bits per heavy atom. The molecule has 0 fully saturated rings. The number of carbonyl (C=O) groups is 1. The zero-order valence-corrected chi connectivity index (χ0v) is 10.9. The summed E-state index contributed by atoms with van der Waals surface area (Å²) >= 11 is 1.26. The number of carbonyl (C=O) groups excluding carboxylic acids is 1. The lowest BCUT2D eigenvalue weighted by atomic mass is 10.2. The molecular formula is C13H10FN3OS. The Hall–Kier alpha value is -2.21. The number of aryl methyl sites for hydroxylation is 1. The fraction of sp³-hybridized carbons (Fsp3) is 0.0769. The first-order chi connectivity index (χ1) is 9.13. The van der Waals surface area contributed by atoms with Crippen LogP contribution < -0.4 is 5.32 Å². The van der Waals surface area contributed by atoms with Crippen LogP contribution in [0.25, 0.3) is 10.1 Å². The molecular weight excluding hydrogens is 265 g/mol. The van der Waals surface area contributed by atoms with Crippen LogP contribution in [0, 0.1) is 5.82 Å². The van der Waals surface area contributed by atoms with E-state index in [2.05, 4.69) is 10.4 Å². The van der Waals surface area contributed by atoms with E-state index in [0.717, 1.165) is 4.70 Å². The number of aromatic nitrogens is 2. The second-order valence-corrected chi connectivity index (χ2v) is 5.17. The molecule has 0 radical (unpaired) electrons. The van der Waals surface area contributed by atoms with E-state index in [1.807, 2.05) is 0 Å². The number of thiophene rings is 1. The van der Waals surface area contributed by atoms with Gasteiger partial charge in [0.1, 0.15) is 5.82 Å². The van der Waals surface area contributed by atoms with Gasteiger partial charge in [-0.1, -0.05) is 6.07 Å². The van der Waals surface area contributed by atoms with E-state index in [1.54, 1.807) is 42.2 Å². The van der Waals surface area contributed by atoms with Gasteiger partial charge in [0.05, 0.1) is 4.88 Å². The third kappa shape index (κ3) is 2.22. The Kier molecular flexibility index (Phi) is 2.79. The molecule has 4 nitrogen and oxygen atoms in total. The summed E-state index contributed by atoms with van der Waals surface area (Å²) in [6.07, 6.45) is 1.74. The summed E-state index contributed by atoms with van der Waals surface area (Å²) in [5, 5.41) is 7.21. The Labute approximate surface area is 112 Å². The molecule has 0 saturated heterocycles. The molecule has 0 aliphatic heterocycles. The Morgan fingerprint density at radius 3 is 2.95 bits per heavy atom. The summed E-state index contributed by atoms with van der Waals surface area (Å²) in [6, 6.07) is 8.07. The van der Waals surface area contributed by atoms with Crippen LogP contribution >= 0.6 is 11.3 Å². The fourth-order valence-corrected chi connectivity index (χ4v) is 2.77. The maximum absolute atomic E-state index is 13.6. The van der Waals surface area contributed by atoms with Gasteiger partial charge in [-0.05, 0) is 18.2 Å². The van der Waals surface area contributed by atoms with Crippen molar-refractivity contribution in [1.29, 1.82) is 0 Å². The number of benzene rings is 1. The van der Waals surface area contributed by atoms with Gasteiger partial charge in [0, 0.05) is 29.4 Å². The summed E-state index contributed by atoms with van der Waals surface area (Å²) in [4.78, 5) is 12.5. The van der Waals surface area contributed by atoms with Gasteiger partial charge < -0.3 is 5.32 Å². The lowest BCUT2D eigenvalue weighted by Crippen LogP contribution is -2.10. The first-order valence-corrected chi connectivity index (χ1v) is 6.44. The van der Waals surface area contributed by atoms with Crippen molar-refractivity contribution in [3.63, 3.8) is 0 Å². The number of nitrogens with zero attached hydrogens (tertiary/aromatic N) is 2. The maximum atomic E-state index is 13.6. The van der Waals surface area contributed by atoms with Crippen molar-refractivity contribution in [2.75, 3.05) is 5.32 Å². The zero-order chi connectivity index (χ0) is 13.4. The molecule has 0 atom stereocenters. The van der Waals surface area contributed by atoms with E-state index >= 15 is 0 Å². The molecule has 0 unspecified atom stereocenters. The Bertz CT molecular complexity index is 762. The van der Waals surface area contributed by atoms with E-state index in [-0.39, 0.29) is 11.7 Å². The van der Waals surface area contributed by atoms with E-state index in [9.17, 15) is 9.18 Å². The first kappa shape index (κ1) is 11.9. The van der Waals surface area contributed by atoms with Crippen molar-refractivity contribution in [3.05, 3.63) is 47.2 Å². The van der Waals surface area contributed by atoms with E-state index in [1.165, 1.54) is 17.4 Å². The summed E-state index contributed by atoms with van der Waals surface area (Å²) < 4.78 is 15.9. The van der Waals surface area contributed by atoms with Crippen molar-refractivity contribution >= 4 is 33.1 Å². The molecule has 96 valence electrons. The van der Waals surface area contributed by atoms with E-state index < -0.39 is 0 Å². The van der Waals surface area contributed by atoms with Crippen LogP contribution in [0.2, 0.25) is 0 Å². The van der Waals surface area contributed by atoms with Gasteiger partial charge in [0.25, 0.3) is 5.91 Å². The van der Waals surface area contributed by atoms with Crippen LogP contribution in [0.3, 0.4) is 0 Å². The molecule has 0 aliphatic carbocycles. The van der Waals surface area contributed by atoms with Crippen molar-refractivity contribution in [3.8, 4) is 0 Å². The normalized spacial score (nSPS) is 10.8. The van der Waals surface area contributed by atoms with Crippen LogP contribution in [-0.2, 0) is 7.05 Å². The maximum Gasteiger partial charge on any atom is 0.266 e. The van der Waals surface area contributed by atoms with Crippen LogP contribution in [0.1, 0.15) is 9.67 Å². The molecule has 2 aromatic heterocycles. The van der Waals surface area contributed by atoms with Gasteiger partial charge in [-0.15, -0.1) is 11.3 Å². The number of halogens is 1. The highest BCUT2D eigenvalue weighted by Gasteiger charge is 2.13. The number of rotatable bonds is 2. The van der Waals surface area contributed by atoms with Crippen molar-refractivity contribution in [2.45, 2.75) is 0 Å². The molecule has 0 bridgehead atoms. The lowest BCUT2D eigenvalue weighted by Gasteiger charge is -1.97. The molecule has 19 heavy (non-hydrogen) atoms. The minimum atomic E-state index is -0.314. The average Bonchev–Trinajstić information content (AvgIpc) is 2.96. The zero-order valence-electron chi connectivity index (χ0n) is 10.1. The molecule has 1 aromatic carbocycles. The lowest BCUT2D eigenvalue weighted by molar-refractivity contribution is 0.103. The van der Waals surface area contributed by atoms with Crippen molar-refractivity contribution < 1.29 is 9.18 Å². The van der Waals surface area contributed by atoms with E-state index in [4.69, 9.17) is 0 Å². The predicted molar refractivity (Wildman–Crippen MR) is 72.9 cm³/mol. The molecule has 3 rings (SSSR count). The molecule has 6 heteroatoms. The Morgan fingerprint density at radius 2 is 2.26 bits per heavy atom. The third-order valence-corrected chi connectivity index (χ3v) is 3.79. The monoisotopic (exact) mass is 275 g/mol. The van der Waals surface area contributed by atoms with Gasteiger partial charge >= 0.3 is 0 Å². The van der Waals surface area contributed by atoms with Crippen LogP contribution in [0.4, 0.5) is 10.2 Å².